The number of nitrogens with zero attached hydrogens (tertiary/aromatic N) is 3. The molecule has 0 spiro atoms. The topological polar surface area (TPSA) is 70.0 Å². The SMILES string of the molecule is C#CCn1c(=O)sc2cc(F)c(-n3nc(C(C)(C)C)oc3=O)cc21. The monoisotopic (exact) mass is 347 g/mol. The minimum absolute atomic E-state index is 0.0604. The van der Waals surface area contributed by atoms with Crippen molar-refractivity contribution in [2.45, 2.75) is 32.7 Å². The minimum atomic E-state index is -0.792. The second-order valence-electron chi connectivity index (χ2n) is 6.26. The summed E-state index contributed by atoms with van der Waals surface area (Å²) in [6.07, 6.45) is 5.27. The first-order valence-corrected chi connectivity index (χ1v) is 7.91. The number of halogens is 1. The van der Waals surface area contributed by atoms with E-state index in [2.05, 4.69) is 11.0 Å². The fourth-order valence-corrected chi connectivity index (χ4v) is 3.11. The van der Waals surface area contributed by atoms with Gasteiger partial charge in [0.2, 0.25) is 5.89 Å². The van der Waals surface area contributed by atoms with Gasteiger partial charge in [0, 0.05) is 5.41 Å². The first kappa shape index (κ1) is 16.2. The largest absolute Gasteiger partial charge is 0.442 e. The van der Waals surface area contributed by atoms with E-state index in [0.29, 0.717) is 10.2 Å². The van der Waals surface area contributed by atoms with E-state index in [1.807, 2.05) is 20.8 Å². The van der Waals surface area contributed by atoms with E-state index in [4.69, 9.17) is 10.8 Å². The van der Waals surface area contributed by atoms with Crippen LogP contribution in [-0.4, -0.2) is 14.3 Å². The van der Waals surface area contributed by atoms with Gasteiger partial charge in [-0.15, -0.1) is 11.5 Å². The molecule has 24 heavy (non-hydrogen) atoms. The Kier molecular flexibility index (Phi) is 3.68. The zero-order valence-corrected chi connectivity index (χ0v) is 14.1. The van der Waals surface area contributed by atoms with E-state index in [0.717, 1.165) is 16.0 Å². The fraction of sp³-hybridized carbons (Fsp3) is 0.312. The van der Waals surface area contributed by atoms with Crippen molar-refractivity contribution in [2.75, 3.05) is 0 Å². The van der Waals surface area contributed by atoms with Crippen LogP contribution in [-0.2, 0) is 12.0 Å². The van der Waals surface area contributed by atoms with Gasteiger partial charge >= 0.3 is 10.6 Å². The molecular formula is C16H14FN3O3S. The number of benzene rings is 1. The van der Waals surface area contributed by atoms with Gasteiger partial charge in [-0.3, -0.25) is 9.36 Å². The number of rotatable bonds is 2. The first-order valence-electron chi connectivity index (χ1n) is 7.09. The summed E-state index contributed by atoms with van der Waals surface area (Å²) in [4.78, 5) is 23.7. The lowest BCUT2D eigenvalue weighted by molar-refractivity contribution is 0.375. The van der Waals surface area contributed by atoms with Gasteiger partial charge in [0.15, 0.2) is 5.82 Å². The highest BCUT2D eigenvalue weighted by atomic mass is 32.1. The van der Waals surface area contributed by atoms with Gasteiger partial charge < -0.3 is 4.42 Å². The Labute approximate surface area is 140 Å². The first-order chi connectivity index (χ1) is 11.2. The Bertz CT molecular complexity index is 1090. The van der Waals surface area contributed by atoms with Crippen LogP contribution in [0.4, 0.5) is 4.39 Å². The van der Waals surface area contributed by atoms with Crippen LogP contribution in [0.2, 0.25) is 0 Å². The lowest BCUT2D eigenvalue weighted by Gasteiger charge is -2.11. The molecule has 2 aromatic heterocycles. The van der Waals surface area contributed by atoms with E-state index in [1.54, 1.807) is 0 Å². The lowest BCUT2D eigenvalue weighted by Crippen LogP contribution is -2.16. The Morgan fingerprint density at radius 1 is 1.38 bits per heavy atom. The Morgan fingerprint density at radius 3 is 2.67 bits per heavy atom. The van der Waals surface area contributed by atoms with E-state index < -0.39 is 17.0 Å². The summed E-state index contributed by atoms with van der Waals surface area (Å²) in [5.41, 5.74) is -0.138. The third-order valence-electron chi connectivity index (χ3n) is 3.40. The van der Waals surface area contributed by atoms with Crippen LogP contribution in [0.25, 0.3) is 15.9 Å². The Morgan fingerprint density at radius 2 is 2.08 bits per heavy atom. The summed E-state index contributed by atoms with van der Waals surface area (Å²) >= 11 is 0.891. The molecule has 0 atom stereocenters. The maximum Gasteiger partial charge on any atom is 0.442 e. The standard InChI is InChI=1S/C16H14FN3O3S/c1-5-6-19-11-8-10(9(17)7-12(11)24-15(19)22)20-14(21)23-13(18-20)16(2,3)4/h1,7-8H,6H2,2-4H3. The summed E-state index contributed by atoms with van der Waals surface area (Å²) in [6.45, 7) is 5.54. The summed E-state index contributed by atoms with van der Waals surface area (Å²) in [5.74, 6) is 1.11. The zero-order chi connectivity index (χ0) is 17.6. The molecule has 0 bridgehead atoms. The molecule has 0 radical (unpaired) electrons. The molecule has 0 unspecified atom stereocenters. The molecule has 0 aliphatic rings. The normalized spacial score (nSPS) is 11.8. The Hall–Kier alpha value is -2.66. The van der Waals surface area contributed by atoms with Gasteiger partial charge in [0.1, 0.15) is 5.69 Å². The molecule has 3 aromatic rings. The van der Waals surface area contributed by atoms with Crippen molar-refractivity contribution in [2.24, 2.45) is 0 Å². The zero-order valence-electron chi connectivity index (χ0n) is 13.3. The number of hydrogen-bond acceptors (Lipinski definition) is 5. The summed E-state index contributed by atoms with van der Waals surface area (Å²) in [6, 6.07) is 2.58. The van der Waals surface area contributed by atoms with Crippen molar-refractivity contribution in [3.8, 4) is 18.0 Å². The molecule has 124 valence electrons. The average molecular weight is 347 g/mol. The van der Waals surface area contributed by atoms with Crippen LogP contribution >= 0.6 is 11.3 Å². The summed E-state index contributed by atoms with van der Waals surface area (Å²) < 4.78 is 22.2. The minimum Gasteiger partial charge on any atom is -0.391 e. The molecule has 2 heterocycles. The Balaban J connectivity index is 2.28. The third kappa shape index (κ3) is 2.57. The van der Waals surface area contributed by atoms with Crippen molar-refractivity contribution < 1.29 is 8.81 Å². The number of thiazole rings is 1. The van der Waals surface area contributed by atoms with Crippen molar-refractivity contribution >= 4 is 21.6 Å². The van der Waals surface area contributed by atoms with Crippen LogP contribution in [0.3, 0.4) is 0 Å². The van der Waals surface area contributed by atoms with Crippen LogP contribution in [0.1, 0.15) is 26.7 Å². The van der Waals surface area contributed by atoms with Gasteiger partial charge in [-0.25, -0.2) is 9.18 Å². The van der Waals surface area contributed by atoms with Crippen LogP contribution in [0.15, 0.2) is 26.1 Å². The molecule has 1 aromatic carbocycles. The third-order valence-corrected chi connectivity index (χ3v) is 4.35. The molecule has 0 aliphatic heterocycles. The number of aromatic nitrogens is 3. The predicted molar refractivity (Wildman–Crippen MR) is 89.2 cm³/mol. The lowest BCUT2D eigenvalue weighted by atomic mass is 9.97. The van der Waals surface area contributed by atoms with Gasteiger partial charge in [-0.2, -0.15) is 4.68 Å². The molecule has 0 fully saturated rings. The van der Waals surface area contributed by atoms with Gasteiger partial charge in [0.05, 0.1) is 16.8 Å². The molecule has 0 saturated heterocycles. The number of terminal acetylenes is 1. The van der Waals surface area contributed by atoms with E-state index >= 15 is 0 Å². The van der Waals surface area contributed by atoms with Gasteiger partial charge in [-0.05, 0) is 12.1 Å². The van der Waals surface area contributed by atoms with E-state index in [1.165, 1.54) is 16.7 Å². The van der Waals surface area contributed by atoms with Crippen LogP contribution in [0, 0.1) is 18.2 Å². The predicted octanol–water partition coefficient (Wildman–Crippen LogP) is 2.27. The van der Waals surface area contributed by atoms with Crippen molar-refractivity contribution in [1.82, 2.24) is 14.3 Å². The highest BCUT2D eigenvalue weighted by Gasteiger charge is 2.24. The molecule has 0 aliphatic carbocycles. The molecule has 3 rings (SSSR count). The molecule has 0 amide bonds. The molecule has 0 saturated carbocycles. The van der Waals surface area contributed by atoms with E-state index in [-0.39, 0.29) is 23.0 Å². The molecule has 6 nitrogen and oxygen atoms in total. The number of hydrogen-bond donors (Lipinski definition) is 0. The second-order valence-corrected chi connectivity index (χ2v) is 7.26. The fourth-order valence-electron chi connectivity index (χ4n) is 2.21. The summed E-state index contributed by atoms with van der Waals surface area (Å²) in [5, 5.41) is 4.07. The highest BCUT2D eigenvalue weighted by molar-refractivity contribution is 7.16. The quantitative estimate of drug-likeness (QED) is 0.667. The van der Waals surface area contributed by atoms with Gasteiger partial charge in [-0.1, -0.05) is 38.0 Å². The van der Waals surface area contributed by atoms with E-state index in [9.17, 15) is 14.0 Å². The molecule has 8 heteroatoms. The molecule has 0 N–H and O–H groups in total. The summed E-state index contributed by atoms with van der Waals surface area (Å²) in [7, 11) is 0. The average Bonchev–Trinajstić information content (AvgIpc) is 2.99. The highest BCUT2D eigenvalue weighted by Crippen LogP contribution is 2.25. The molecular weight excluding hydrogens is 333 g/mol. The maximum atomic E-state index is 14.4. The smallest absolute Gasteiger partial charge is 0.391 e. The van der Waals surface area contributed by atoms with Crippen LogP contribution < -0.4 is 10.6 Å². The maximum absolute atomic E-state index is 14.4. The van der Waals surface area contributed by atoms with Crippen molar-refractivity contribution in [3.63, 3.8) is 0 Å². The van der Waals surface area contributed by atoms with Crippen LogP contribution in [0.5, 0.6) is 0 Å². The van der Waals surface area contributed by atoms with Gasteiger partial charge in [0.25, 0.3) is 0 Å². The number of fused-ring (bicyclic) bond motifs is 1. The van der Waals surface area contributed by atoms with Crippen molar-refractivity contribution in [1.29, 1.82) is 0 Å². The second kappa shape index (κ2) is 5.46. The van der Waals surface area contributed by atoms with Crippen molar-refractivity contribution in [3.05, 3.63) is 44.1 Å².